The van der Waals surface area contributed by atoms with Gasteiger partial charge in [0.15, 0.2) is 6.10 Å². The van der Waals surface area contributed by atoms with Crippen molar-refractivity contribution in [3.8, 4) is 17.0 Å². The maximum Gasteiger partial charge on any atom is 0.334 e. The summed E-state index contributed by atoms with van der Waals surface area (Å²) in [7, 11) is 1.58. The predicted molar refractivity (Wildman–Crippen MR) is 88.5 cm³/mol. The number of ether oxygens (including phenoxy) is 2. The molecule has 1 aliphatic heterocycles. The first kappa shape index (κ1) is 17.0. The molecular formula is C17H19N3O5. The Labute approximate surface area is 144 Å². The summed E-state index contributed by atoms with van der Waals surface area (Å²) in [6, 6.07) is 7.24. The molecule has 0 aliphatic carbocycles. The highest BCUT2D eigenvalue weighted by Gasteiger charge is 2.34. The number of benzene rings is 1. The minimum absolute atomic E-state index is 0.00569. The normalized spacial score (nSPS) is 20.3. The van der Waals surface area contributed by atoms with Gasteiger partial charge in [-0.2, -0.15) is 5.10 Å². The van der Waals surface area contributed by atoms with Gasteiger partial charge < -0.3 is 19.5 Å². The largest absolute Gasteiger partial charge is 0.497 e. The summed E-state index contributed by atoms with van der Waals surface area (Å²) >= 11 is 0. The van der Waals surface area contributed by atoms with Crippen molar-refractivity contribution >= 4 is 11.9 Å². The van der Waals surface area contributed by atoms with Crippen LogP contribution in [-0.4, -0.2) is 64.5 Å². The maximum absolute atomic E-state index is 12.9. The topological polar surface area (TPSA) is 105 Å². The lowest BCUT2D eigenvalue weighted by Gasteiger charge is -2.34. The number of aromatic amines is 1. The van der Waals surface area contributed by atoms with Gasteiger partial charge in [0.25, 0.3) is 5.91 Å². The highest BCUT2D eigenvalue weighted by Crippen LogP contribution is 2.25. The summed E-state index contributed by atoms with van der Waals surface area (Å²) in [5.41, 5.74) is 1.76. The molecule has 0 saturated carbocycles. The molecule has 2 heterocycles. The van der Waals surface area contributed by atoms with E-state index in [0.29, 0.717) is 23.6 Å². The van der Waals surface area contributed by atoms with Crippen LogP contribution in [0.4, 0.5) is 0 Å². The van der Waals surface area contributed by atoms with Crippen LogP contribution in [0.1, 0.15) is 17.3 Å². The molecule has 1 unspecified atom stereocenters. The van der Waals surface area contributed by atoms with Crippen molar-refractivity contribution in [3.05, 3.63) is 36.0 Å². The summed E-state index contributed by atoms with van der Waals surface area (Å²) in [6.45, 7) is 2.08. The third-order valence-corrected chi connectivity index (χ3v) is 4.07. The molecule has 0 radical (unpaired) electrons. The van der Waals surface area contributed by atoms with E-state index >= 15 is 0 Å². The number of nitrogens with zero attached hydrogens (tertiary/aromatic N) is 2. The number of carbonyl (C=O) groups excluding carboxylic acids is 1. The maximum atomic E-state index is 12.9. The van der Waals surface area contributed by atoms with E-state index in [-0.39, 0.29) is 18.6 Å². The third kappa shape index (κ3) is 3.48. The second-order valence-corrected chi connectivity index (χ2v) is 5.87. The molecule has 1 aromatic carbocycles. The van der Waals surface area contributed by atoms with Crippen LogP contribution >= 0.6 is 0 Å². The molecule has 1 aromatic heterocycles. The zero-order chi connectivity index (χ0) is 18.0. The monoisotopic (exact) mass is 345 g/mol. The summed E-state index contributed by atoms with van der Waals surface area (Å²) in [4.78, 5) is 25.6. The Morgan fingerprint density at radius 3 is 2.68 bits per heavy atom. The Morgan fingerprint density at radius 2 is 2.04 bits per heavy atom. The van der Waals surface area contributed by atoms with E-state index in [1.165, 1.54) is 11.1 Å². The number of carbonyl (C=O) groups is 2. The van der Waals surface area contributed by atoms with Gasteiger partial charge in [0.05, 0.1) is 37.2 Å². The van der Waals surface area contributed by atoms with Gasteiger partial charge in [-0.15, -0.1) is 0 Å². The lowest BCUT2D eigenvalue weighted by molar-refractivity contribution is -0.160. The first-order valence-electron chi connectivity index (χ1n) is 7.85. The average molecular weight is 345 g/mol. The SMILES string of the molecule is COc1ccc(-c2[nH]ncc2C(=O)N2CC(C(=O)O)O[C@H](C)C2)cc1. The minimum atomic E-state index is -1.08. The number of aliphatic carboxylic acids is 1. The van der Waals surface area contributed by atoms with Crippen LogP contribution < -0.4 is 4.74 Å². The van der Waals surface area contributed by atoms with Gasteiger partial charge in [-0.1, -0.05) is 0 Å². The molecule has 2 atom stereocenters. The van der Waals surface area contributed by atoms with Gasteiger partial charge in [-0.3, -0.25) is 9.89 Å². The fourth-order valence-electron chi connectivity index (χ4n) is 2.85. The van der Waals surface area contributed by atoms with Crippen molar-refractivity contribution in [2.75, 3.05) is 20.2 Å². The molecule has 8 heteroatoms. The molecule has 0 bridgehead atoms. The van der Waals surface area contributed by atoms with Crippen molar-refractivity contribution in [3.63, 3.8) is 0 Å². The Kier molecular flexibility index (Phi) is 4.71. The van der Waals surface area contributed by atoms with Crippen LogP contribution in [0.15, 0.2) is 30.5 Å². The number of carboxylic acid groups (broad SMARTS) is 1. The molecule has 25 heavy (non-hydrogen) atoms. The first-order chi connectivity index (χ1) is 12.0. The minimum Gasteiger partial charge on any atom is -0.497 e. The van der Waals surface area contributed by atoms with E-state index in [4.69, 9.17) is 9.47 Å². The standard InChI is InChI=1S/C17H19N3O5/c1-10-8-20(9-14(25-10)17(22)23)16(21)13-7-18-19-15(13)11-3-5-12(24-2)6-4-11/h3-7,10,14H,8-9H2,1-2H3,(H,18,19)(H,22,23)/t10-,14?/m1/s1. The van der Waals surface area contributed by atoms with Gasteiger partial charge in [-0.05, 0) is 31.2 Å². The van der Waals surface area contributed by atoms with Gasteiger partial charge in [0, 0.05) is 12.1 Å². The molecule has 2 aromatic rings. The number of H-pyrrole nitrogens is 1. The quantitative estimate of drug-likeness (QED) is 0.868. The number of morpholine rings is 1. The Morgan fingerprint density at radius 1 is 1.32 bits per heavy atom. The third-order valence-electron chi connectivity index (χ3n) is 4.07. The van der Waals surface area contributed by atoms with Crippen LogP contribution in [0.25, 0.3) is 11.3 Å². The number of aromatic nitrogens is 2. The zero-order valence-corrected chi connectivity index (χ0v) is 13.9. The molecule has 8 nitrogen and oxygen atoms in total. The number of amides is 1. The second kappa shape index (κ2) is 6.94. The van der Waals surface area contributed by atoms with Crippen molar-refractivity contribution in [2.24, 2.45) is 0 Å². The number of hydrogen-bond donors (Lipinski definition) is 2. The average Bonchev–Trinajstić information content (AvgIpc) is 3.10. The van der Waals surface area contributed by atoms with Gasteiger partial charge in [0.2, 0.25) is 0 Å². The lowest BCUT2D eigenvalue weighted by atomic mass is 10.1. The predicted octanol–water partition coefficient (Wildman–Crippen LogP) is 1.40. The molecule has 3 rings (SSSR count). The van der Waals surface area contributed by atoms with Crippen LogP contribution in [0.5, 0.6) is 5.75 Å². The van der Waals surface area contributed by atoms with Crippen molar-refractivity contribution in [1.29, 1.82) is 0 Å². The van der Waals surface area contributed by atoms with Crippen molar-refractivity contribution in [2.45, 2.75) is 19.1 Å². The van der Waals surface area contributed by atoms with E-state index in [1.54, 1.807) is 26.2 Å². The zero-order valence-electron chi connectivity index (χ0n) is 13.9. The molecule has 1 saturated heterocycles. The number of methoxy groups -OCH3 is 1. The lowest BCUT2D eigenvalue weighted by Crippen LogP contribution is -2.51. The molecule has 1 fully saturated rings. The van der Waals surface area contributed by atoms with E-state index in [9.17, 15) is 14.7 Å². The van der Waals surface area contributed by atoms with Gasteiger partial charge in [0.1, 0.15) is 5.75 Å². The van der Waals surface area contributed by atoms with Crippen molar-refractivity contribution in [1.82, 2.24) is 15.1 Å². The highest BCUT2D eigenvalue weighted by atomic mass is 16.5. The smallest absolute Gasteiger partial charge is 0.334 e. The van der Waals surface area contributed by atoms with Crippen LogP contribution in [0, 0.1) is 0 Å². The first-order valence-corrected chi connectivity index (χ1v) is 7.85. The second-order valence-electron chi connectivity index (χ2n) is 5.87. The van der Waals surface area contributed by atoms with E-state index < -0.39 is 12.1 Å². The molecular weight excluding hydrogens is 326 g/mol. The molecule has 0 spiro atoms. The van der Waals surface area contributed by atoms with E-state index in [0.717, 1.165) is 5.56 Å². The van der Waals surface area contributed by atoms with Crippen LogP contribution in [0.3, 0.4) is 0 Å². The van der Waals surface area contributed by atoms with Crippen molar-refractivity contribution < 1.29 is 24.2 Å². The number of hydrogen-bond acceptors (Lipinski definition) is 5. The Bertz CT molecular complexity index is 771. The highest BCUT2D eigenvalue weighted by molar-refractivity contribution is 6.00. The molecule has 1 aliphatic rings. The summed E-state index contributed by atoms with van der Waals surface area (Å²) in [6.07, 6.45) is 0.0804. The van der Waals surface area contributed by atoms with E-state index in [1.807, 2.05) is 12.1 Å². The Hall–Kier alpha value is -2.87. The fourth-order valence-corrected chi connectivity index (χ4v) is 2.85. The Balaban J connectivity index is 1.85. The fraction of sp³-hybridized carbons (Fsp3) is 0.353. The summed E-state index contributed by atoms with van der Waals surface area (Å²) in [5.74, 6) is -0.643. The van der Waals surface area contributed by atoms with Crippen LogP contribution in [-0.2, 0) is 9.53 Å². The van der Waals surface area contributed by atoms with E-state index in [2.05, 4.69) is 10.2 Å². The number of rotatable bonds is 4. The number of nitrogens with one attached hydrogen (secondary N) is 1. The summed E-state index contributed by atoms with van der Waals surface area (Å²) in [5, 5.41) is 16.0. The molecule has 132 valence electrons. The molecule has 2 N–H and O–H groups in total. The van der Waals surface area contributed by atoms with Gasteiger partial charge in [-0.25, -0.2) is 4.79 Å². The number of carboxylic acids is 1. The van der Waals surface area contributed by atoms with Gasteiger partial charge >= 0.3 is 5.97 Å². The summed E-state index contributed by atoms with van der Waals surface area (Å²) < 4.78 is 10.5. The van der Waals surface area contributed by atoms with Crippen LogP contribution in [0.2, 0.25) is 0 Å². The molecule has 1 amide bonds.